The van der Waals surface area contributed by atoms with Crippen molar-refractivity contribution in [2.24, 2.45) is 11.7 Å². The van der Waals surface area contributed by atoms with E-state index in [2.05, 4.69) is 40.9 Å². The van der Waals surface area contributed by atoms with Crippen molar-refractivity contribution in [2.75, 3.05) is 0 Å². The quantitative estimate of drug-likeness (QED) is 0.885. The number of thiophene rings is 1. The molecule has 4 heteroatoms. The first-order valence-electron chi connectivity index (χ1n) is 5.95. The summed E-state index contributed by atoms with van der Waals surface area (Å²) in [6.45, 7) is 5.26. The number of hydrogen-bond donors (Lipinski definition) is 1. The van der Waals surface area contributed by atoms with Crippen LogP contribution < -0.4 is 5.73 Å². The number of imidazole rings is 1. The third kappa shape index (κ3) is 3.17. The van der Waals surface area contributed by atoms with Crippen LogP contribution in [0.5, 0.6) is 0 Å². The van der Waals surface area contributed by atoms with Gasteiger partial charge in [0, 0.05) is 17.1 Å². The van der Waals surface area contributed by atoms with E-state index >= 15 is 0 Å². The lowest BCUT2D eigenvalue weighted by Crippen LogP contribution is -2.17. The number of hydrogen-bond acceptors (Lipinski definition) is 3. The average Bonchev–Trinajstić information content (AvgIpc) is 2.88. The van der Waals surface area contributed by atoms with Crippen LogP contribution in [0.3, 0.4) is 0 Å². The molecule has 0 amide bonds. The Balaban J connectivity index is 2.11. The molecule has 0 aromatic carbocycles. The van der Waals surface area contributed by atoms with Gasteiger partial charge in [0.25, 0.3) is 0 Å². The molecule has 0 fully saturated rings. The maximum atomic E-state index is 6.21. The lowest BCUT2D eigenvalue weighted by molar-refractivity contribution is 0.489. The van der Waals surface area contributed by atoms with Crippen LogP contribution in [0.2, 0.25) is 0 Å². The molecule has 2 heterocycles. The molecule has 92 valence electrons. The fourth-order valence-electron chi connectivity index (χ4n) is 1.97. The molecule has 2 aromatic rings. The van der Waals surface area contributed by atoms with Gasteiger partial charge in [0.1, 0.15) is 0 Å². The standard InChI is InChI=1S/C13H19N3S/c1-10(2)6-12(14)13-7-15-9-16(13)8-11-4-3-5-17-11/h3-5,7,9-10,12H,6,8,14H2,1-2H3. The second kappa shape index (κ2) is 5.47. The molecule has 0 saturated carbocycles. The fraction of sp³-hybridized carbons (Fsp3) is 0.462. The van der Waals surface area contributed by atoms with Crippen molar-refractivity contribution in [3.05, 3.63) is 40.6 Å². The molecule has 0 aliphatic heterocycles. The summed E-state index contributed by atoms with van der Waals surface area (Å²) in [6.07, 6.45) is 4.76. The summed E-state index contributed by atoms with van der Waals surface area (Å²) in [4.78, 5) is 5.55. The van der Waals surface area contributed by atoms with Gasteiger partial charge in [0.15, 0.2) is 0 Å². The number of rotatable bonds is 5. The van der Waals surface area contributed by atoms with Crippen molar-refractivity contribution >= 4 is 11.3 Å². The average molecular weight is 249 g/mol. The van der Waals surface area contributed by atoms with Crippen LogP contribution in [0.4, 0.5) is 0 Å². The molecule has 0 aliphatic carbocycles. The van der Waals surface area contributed by atoms with Gasteiger partial charge in [0.05, 0.1) is 18.6 Å². The van der Waals surface area contributed by atoms with E-state index in [1.54, 1.807) is 11.3 Å². The number of nitrogens with two attached hydrogens (primary N) is 1. The van der Waals surface area contributed by atoms with Crippen LogP contribution in [0.1, 0.15) is 36.9 Å². The molecule has 2 rings (SSSR count). The maximum absolute atomic E-state index is 6.21. The van der Waals surface area contributed by atoms with Gasteiger partial charge in [0.2, 0.25) is 0 Å². The van der Waals surface area contributed by atoms with Crippen LogP contribution in [0, 0.1) is 5.92 Å². The van der Waals surface area contributed by atoms with E-state index in [-0.39, 0.29) is 6.04 Å². The summed E-state index contributed by atoms with van der Waals surface area (Å²) in [7, 11) is 0. The highest BCUT2D eigenvalue weighted by molar-refractivity contribution is 7.09. The Hall–Kier alpha value is -1.13. The van der Waals surface area contributed by atoms with Crippen LogP contribution in [-0.4, -0.2) is 9.55 Å². The summed E-state index contributed by atoms with van der Waals surface area (Å²) >= 11 is 1.77. The van der Waals surface area contributed by atoms with Gasteiger partial charge in [-0.05, 0) is 23.8 Å². The maximum Gasteiger partial charge on any atom is 0.0952 e. The van der Waals surface area contributed by atoms with Crippen molar-refractivity contribution in [3.8, 4) is 0 Å². The van der Waals surface area contributed by atoms with Gasteiger partial charge in [-0.3, -0.25) is 0 Å². The smallest absolute Gasteiger partial charge is 0.0952 e. The zero-order valence-corrected chi connectivity index (χ0v) is 11.2. The molecule has 0 radical (unpaired) electrons. The number of nitrogens with zero attached hydrogens (tertiary/aromatic N) is 2. The molecule has 1 unspecified atom stereocenters. The minimum Gasteiger partial charge on any atom is -0.328 e. The highest BCUT2D eigenvalue weighted by atomic mass is 32.1. The van der Waals surface area contributed by atoms with Crippen molar-refractivity contribution in [3.63, 3.8) is 0 Å². The monoisotopic (exact) mass is 249 g/mol. The summed E-state index contributed by atoms with van der Waals surface area (Å²) in [5.41, 5.74) is 7.34. The highest BCUT2D eigenvalue weighted by Gasteiger charge is 2.13. The molecule has 0 bridgehead atoms. The minimum absolute atomic E-state index is 0.0810. The van der Waals surface area contributed by atoms with E-state index in [4.69, 9.17) is 5.73 Å². The zero-order valence-electron chi connectivity index (χ0n) is 10.3. The van der Waals surface area contributed by atoms with Crippen molar-refractivity contribution in [1.82, 2.24) is 9.55 Å². The first kappa shape index (κ1) is 12.3. The Labute approximate surface area is 106 Å². The Morgan fingerprint density at radius 2 is 2.29 bits per heavy atom. The molecule has 1 atom stereocenters. The van der Waals surface area contributed by atoms with Crippen LogP contribution >= 0.6 is 11.3 Å². The van der Waals surface area contributed by atoms with Crippen molar-refractivity contribution in [1.29, 1.82) is 0 Å². The van der Waals surface area contributed by atoms with Crippen molar-refractivity contribution in [2.45, 2.75) is 32.9 Å². The first-order valence-corrected chi connectivity index (χ1v) is 6.82. The second-order valence-corrected chi connectivity index (χ2v) is 5.79. The molecular weight excluding hydrogens is 230 g/mol. The zero-order chi connectivity index (χ0) is 12.3. The normalized spacial score (nSPS) is 13.2. The topological polar surface area (TPSA) is 43.8 Å². The summed E-state index contributed by atoms with van der Waals surface area (Å²) in [5, 5.41) is 2.10. The molecule has 2 aromatic heterocycles. The predicted molar refractivity (Wildman–Crippen MR) is 72.0 cm³/mol. The van der Waals surface area contributed by atoms with E-state index in [9.17, 15) is 0 Å². The molecule has 0 aliphatic rings. The third-order valence-corrected chi connectivity index (χ3v) is 3.62. The van der Waals surface area contributed by atoms with Gasteiger partial charge >= 0.3 is 0 Å². The SMILES string of the molecule is CC(C)CC(N)c1cncn1Cc1cccs1. The van der Waals surface area contributed by atoms with Crippen LogP contribution in [0.15, 0.2) is 30.0 Å². The molecular formula is C13H19N3S. The van der Waals surface area contributed by atoms with Gasteiger partial charge in [-0.15, -0.1) is 11.3 Å². The molecule has 17 heavy (non-hydrogen) atoms. The minimum atomic E-state index is 0.0810. The third-order valence-electron chi connectivity index (χ3n) is 2.76. The van der Waals surface area contributed by atoms with E-state index in [0.29, 0.717) is 5.92 Å². The first-order chi connectivity index (χ1) is 8.16. The lowest BCUT2D eigenvalue weighted by Gasteiger charge is -2.16. The van der Waals surface area contributed by atoms with Gasteiger partial charge in [-0.1, -0.05) is 19.9 Å². The fourth-order valence-corrected chi connectivity index (χ4v) is 2.67. The Morgan fingerprint density at radius 3 is 2.94 bits per heavy atom. The summed E-state index contributed by atoms with van der Waals surface area (Å²) in [6, 6.07) is 4.30. The largest absolute Gasteiger partial charge is 0.328 e. The van der Waals surface area contributed by atoms with Crippen LogP contribution in [-0.2, 0) is 6.54 Å². The van der Waals surface area contributed by atoms with E-state index in [1.165, 1.54) is 4.88 Å². The van der Waals surface area contributed by atoms with Gasteiger partial charge in [-0.2, -0.15) is 0 Å². The summed E-state index contributed by atoms with van der Waals surface area (Å²) in [5.74, 6) is 0.607. The molecule has 0 spiro atoms. The molecule has 2 N–H and O–H groups in total. The van der Waals surface area contributed by atoms with E-state index in [1.807, 2.05) is 12.5 Å². The Bertz CT molecular complexity index is 445. The Morgan fingerprint density at radius 1 is 1.47 bits per heavy atom. The van der Waals surface area contributed by atoms with E-state index in [0.717, 1.165) is 18.7 Å². The summed E-state index contributed by atoms with van der Waals surface area (Å²) < 4.78 is 2.15. The van der Waals surface area contributed by atoms with Crippen LogP contribution in [0.25, 0.3) is 0 Å². The van der Waals surface area contributed by atoms with Gasteiger partial charge in [-0.25, -0.2) is 4.98 Å². The Kier molecular flexibility index (Phi) is 3.97. The lowest BCUT2D eigenvalue weighted by atomic mass is 10.0. The second-order valence-electron chi connectivity index (χ2n) is 4.76. The van der Waals surface area contributed by atoms with Crippen molar-refractivity contribution < 1.29 is 0 Å². The van der Waals surface area contributed by atoms with Gasteiger partial charge < -0.3 is 10.3 Å². The molecule has 0 saturated heterocycles. The number of aromatic nitrogens is 2. The van der Waals surface area contributed by atoms with E-state index < -0.39 is 0 Å². The predicted octanol–water partition coefficient (Wildman–Crippen LogP) is 3.04. The molecule has 3 nitrogen and oxygen atoms in total. The highest BCUT2D eigenvalue weighted by Crippen LogP contribution is 2.20.